The van der Waals surface area contributed by atoms with Crippen LogP contribution in [-0.4, -0.2) is 58.6 Å². The number of thioether (sulfide) groups is 1. The second-order valence-corrected chi connectivity index (χ2v) is 8.42. The van der Waals surface area contributed by atoms with Crippen molar-refractivity contribution < 1.29 is 19.1 Å². The number of amides is 1. The molecule has 0 radical (unpaired) electrons. The topological polar surface area (TPSA) is 102 Å². The van der Waals surface area contributed by atoms with Crippen LogP contribution in [-0.2, 0) is 5.75 Å². The van der Waals surface area contributed by atoms with Crippen molar-refractivity contribution in [3.05, 3.63) is 51.7 Å². The summed E-state index contributed by atoms with van der Waals surface area (Å²) in [5.74, 6) is 1.94. The van der Waals surface area contributed by atoms with E-state index < -0.39 is 5.60 Å². The lowest BCUT2D eigenvalue weighted by Crippen LogP contribution is -2.52. The van der Waals surface area contributed by atoms with Gasteiger partial charge in [0.25, 0.3) is 11.5 Å². The summed E-state index contributed by atoms with van der Waals surface area (Å²) >= 11 is 1.52. The van der Waals surface area contributed by atoms with Crippen molar-refractivity contribution in [2.75, 3.05) is 26.5 Å². The first-order valence-corrected chi connectivity index (χ1v) is 11.1. The molecule has 1 fully saturated rings. The number of hydrogen-bond acceptors (Lipinski definition) is 7. The van der Waals surface area contributed by atoms with E-state index in [0.717, 1.165) is 0 Å². The fraction of sp³-hybridized carbons (Fsp3) is 0.429. The van der Waals surface area contributed by atoms with Gasteiger partial charge in [-0.1, -0.05) is 0 Å². The van der Waals surface area contributed by atoms with E-state index in [-0.39, 0.29) is 29.4 Å². The Morgan fingerprint density at radius 1 is 1.30 bits per heavy atom. The number of aromatic amines is 1. The van der Waals surface area contributed by atoms with Crippen LogP contribution in [0.2, 0.25) is 0 Å². The summed E-state index contributed by atoms with van der Waals surface area (Å²) in [6.45, 7) is 0.869. The molecule has 1 amide bonds. The number of Topliss-reactive ketones (excluding diaryl/α,β-unsaturated/α-hetero) is 1. The molecule has 2 aliphatic rings. The molecule has 2 aliphatic heterocycles. The first kappa shape index (κ1) is 20.5. The molecule has 0 unspecified atom stereocenters. The van der Waals surface area contributed by atoms with Crippen LogP contribution in [0.3, 0.4) is 0 Å². The van der Waals surface area contributed by atoms with Gasteiger partial charge in [0.2, 0.25) is 0 Å². The normalized spacial score (nSPS) is 17.4. The summed E-state index contributed by atoms with van der Waals surface area (Å²) < 4.78 is 11.4. The van der Waals surface area contributed by atoms with Crippen molar-refractivity contribution >= 4 is 23.5 Å². The predicted molar refractivity (Wildman–Crippen MR) is 113 cm³/mol. The second kappa shape index (κ2) is 8.14. The average Bonchev–Trinajstić information content (AvgIpc) is 2.73. The van der Waals surface area contributed by atoms with E-state index in [1.54, 1.807) is 30.2 Å². The van der Waals surface area contributed by atoms with Crippen LogP contribution in [0.25, 0.3) is 0 Å². The summed E-state index contributed by atoms with van der Waals surface area (Å²) in [7, 11) is 1.56. The number of likely N-dealkylation sites (tertiary alicyclic amines) is 1. The number of hydrogen-bond donors (Lipinski definition) is 1. The van der Waals surface area contributed by atoms with Gasteiger partial charge >= 0.3 is 0 Å². The number of nitrogens with one attached hydrogen (secondary N) is 1. The minimum absolute atomic E-state index is 0.0212. The van der Waals surface area contributed by atoms with Crippen molar-refractivity contribution in [3.63, 3.8) is 0 Å². The van der Waals surface area contributed by atoms with E-state index in [4.69, 9.17) is 9.47 Å². The third-order valence-corrected chi connectivity index (χ3v) is 6.11. The minimum atomic E-state index is -0.610. The van der Waals surface area contributed by atoms with E-state index in [2.05, 4.69) is 9.97 Å². The van der Waals surface area contributed by atoms with Crippen LogP contribution in [0.15, 0.2) is 29.1 Å². The third kappa shape index (κ3) is 3.94. The lowest BCUT2D eigenvalue weighted by atomic mass is 9.82. The van der Waals surface area contributed by atoms with Crippen molar-refractivity contribution in [2.24, 2.45) is 0 Å². The number of rotatable bonds is 4. The molecule has 0 bridgehead atoms. The largest absolute Gasteiger partial charge is 0.497 e. The molecule has 3 heterocycles. The summed E-state index contributed by atoms with van der Waals surface area (Å²) in [6, 6.07) is 6.47. The predicted octanol–water partition coefficient (Wildman–Crippen LogP) is 2.28. The number of nitrogens with zero attached hydrogens (tertiary/aromatic N) is 2. The van der Waals surface area contributed by atoms with E-state index >= 15 is 0 Å². The number of benzene rings is 1. The Kier molecular flexibility index (Phi) is 5.55. The maximum Gasteiger partial charge on any atom is 0.272 e. The molecule has 9 heteroatoms. The molecular formula is C21H23N3O5S. The molecule has 4 rings (SSSR count). The average molecular weight is 429 g/mol. The first-order chi connectivity index (χ1) is 14.4. The molecule has 1 saturated heterocycles. The molecule has 1 aromatic carbocycles. The van der Waals surface area contributed by atoms with Gasteiger partial charge in [-0.15, -0.1) is 0 Å². The highest BCUT2D eigenvalue weighted by molar-refractivity contribution is 7.97. The van der Waals surface area contributed by atoms with Crippen molar-refractivity contribution in [1.82, 2.24) is 14.9 Å². The lowest BCUT2D eigenvalue weighted by Gasteiger charge is -2.43. The molecule has 0 saturated carbocycles. The maximum atomic E-state index is 12.9. The fourth-order valence-corrected chi connectivity index (χ4v) is 4.39. The monoisotopic (exact) mass is 429 g/mol. The van der Waals surface area contributed by atoms with Gasteiger partial charge in [0, 0.05) is 32.0 Å². The Morgan fingerprint density at radius 3 is 2.77 bits per heavy atom. The van der Waals surface area contributed by atoms with Crippen molar-refractivity contribution in [3.8, 4) is 11.5 Å². The number of piperidine rings is 1. The molecule has 2 aromatic rings. The molecule has 158 valence electrons. The molecule has 1 N–H and O–H groups in total. The molecule has 1 spiro atoms. The first-order valence-electron chi connectivity index (χ1n) is 9.72. The summed E-state index contributed by atoms with van der Waals surface area (Å²) in [5.41, 5.74) is -0.260. The smallest absolute Gasteiger partial charge is 0.272 e. The van der Waals surface area contributed by atoms with Crippen molar-refractivity contribution in [1.29, 1.82) is 0 Å². The van der Waals surface area contributed by atoms with E-state index in [0.29, 0.717) is 54.6 Å². The molecule has 8 nitrogen and oxygen atoms in total. The zero-order valence-corrected chi connectivity index (χ0v) is 17.7. The highest BCUT2D eigenvalue weighted by atomic mass is 32.2. The van der Waals surface area contributed by atoms with Crippen LogP contribution < -0.4 is 15.0 Å². The number of ketones is 1. The summed E-state index contributed by atoms with van der Waals surface area (Å²) in [5, 5.41) is 0. The summed E-state index contributed by atoms with van der Waals surface area (Å²) in [6.07, 6.45) is 3.25. The van der Waals surface area contributed by atoms with Gasteiger partial charge in [0.05, 0.1) is 24.8 Å². The van der Waals surface area contributed by atoms with E-state index in [1.807, 2.05) is 6.26 Å². The van der Waals surface area contributed by atoms with Crippen LogP contribution >= 0.6 is 11.8 Å². The summed E-state index contributed by atoms with van der Waals surface area (Å²) in [4.78, 5) is 46.1. The van der Waals surface area contributed by atoms with Gasteiger partial charge in [-0.25, -0.2) is 4.98 Å². The standard InChI is InChI=1S/C21H23N3O5S/c1-28-13-3-4-17-14(9-13)16(25)11-21(29-17)5-7-24(8-6-21)20(27)15-10-19(26)23-18(22-15)12-30-2/h3-4,9-10H,5-8,11-12H2,1-2H3,(H,22,23,26). The highest BCUT2D eigenvalue weighted by Gasteiger charge is 2.44. The van der Waals surface area contributed by atoms with Crippen LogP contribution in [0.5, 0.6) is 11.5 Å². The zero-order chi connectivity index (χ0) is 21.3. The molecule has 0 aliphatic carbocycles. The van der Waals surface area contributed by atoms with Crippen LogP contribution in [0.1, 0.15) is 45.9 Å². The fourth-order valence-electron chi connectivity index (χ4n) is 3.98. The SMILES string of the molecule is COc1ccc2c(c1)C(=O)CC1(CCN(C(=O)c3cc(=O)[nH]c(CSC)n3)CC1)O2. The van der Waals surface area contributed by atoms with Crippen LogP contribution in [0.4, 0.5) is 0 Å². The molecular weight excluding hydrogens is 406 g/mol. The van der Waals surface area contributed by atoms with Gasteiger partial charge in [-0.3, -0.25) is 14.4 Å². The molecule has 1 aromatic heterocycles. The maximum absolute atomic E-state index is 12.9. The number of carbonyl (C=O) groups is 2. The van der Waals surface area contributed by atoms with E-state index in [9.17, 15) is 14.4 Å². The Balaban J connectivity index is 1.48. The quantitative estimate of drug-likeness (QED) is 0.796. The number of methoxy groups -OCH3 is 1. The highest BCUT2D eigenvalue weighted by Crippen LogP contribution is 2.40. The van der Waals surface area contributed by atoms with Crippen LogP contribution in [0, 0.1) is 0 Å². The lowest BCUT2D eigenvalue weighted by molar-refractivity contribution is -0.00592. The Bertz CT molecular complexity index is 1040. The third-order valence-electron chi connectivity index (χ3n) is 5.55. The zero-order valence-electron chi connectivity index (χ0n) is 16.9. The Hall–Kier alpha value is -2.81. The Labute approximate surface area is 178 Å². The molecule has 30 heavy (non-hydrogen) atoms. The van der Waals surface area contributed by atoms with Gasteiger partial charge in [-0.05, 0) is 24.5 Å². The van der Waals surface area contributed by atoms with Gasteiger partial charge in [0.1, 0.15) is 28.6 Å². The van der Waals surface area contributed by atoms with Gasteiger partial charge in [0.15, 0.2) is 5.78 Å². The molecule has 0 atom stereocenters. The Morgan fingerprint density at radius 2 is 2.07 bits per heavy atom. The minimum Gasteiger partial charge on any atom is -0.497 e. The van der Waals surface area contributed by atoms with Gasteiger partial charge < -0.3 is 19.4 Å². The van der Waals surface area contributed by atoms with E-state index in [1.165, 1.54) is 17.8 Å². The van der Waals surface area contributed by atoms with Crippen molar-refractivity contribution in [2.45, 2.75) is 30.6 Å². The van der Waals surface area contributed by atoms with Gasteiger partial charge in [-0.2, -0.15) is 11.8 Å². The number of aromatic nitrogens is 2. The second-order valence-electron chi connectivity index (χ2n) is 7.55. The number of ether oxygens (including phenoxy) is 2. The number of carbonyl (C=O) groups excluding carboxylic acids is 2. The number of fused-ring (bicyclic) bond motifs is 1. The number of H-pyrrole nitrogens is 1.